The summed E-state index contributed by atoms with van der Waals surface area (Å²) in [5, 5.41) is 2.71. The highest BCUT2D eigenvalue weighted by Gasteiger charge is 2.39. The lowest BCUT2D eigenvalue weighted by Crippen LogP contribution is -2.31. The number of nitrogens with zero attached hydrogens (tertiary/aromatic N) is 1. The van der Waals surface area contributed by atoms with Gasteiger partial charge >= 0.3 is 0 Å². The molecule has 7 heteroatoms. The summed E-state index contributed by atoms with van der Waals surface area (Å²) in [5.74, 6) is -0.685. The zero-order valence-corrected chi connectivity index (χ0v) is 15.6. The van der Waals surface area contributed by atoms with Gasteiger partial charge in [-0.3, -0.25) is 14.4 Å². The van der Waals surface area contributed by atoms with Crippen LogP contribution in [-0.4, -0.2) is 28.7 Å². The predicted molar refractivity (Wildman–Crippen MR) is 105 cm³/mol. The number of hydrogen-bond donors (Lipinski definition) is 1. The molecule has 1 aliphatic heterocycles. The first-order valence-electron chi connectivity index (χ1n) is 8.04. The Morgan fingerprint density at radius 3 is 2.65 bits per heavy atom. The Morgan fingerprint density at radius 2 is 1.96 bits per heavy atom. The second-order valence-electron chi connectivity index (χ2n) is 5.97. The minimum absolute atomic E-state index is 0.0813. The molecule has 26 heavy (non-hydrogen) atoms. The van der Waals surface area contributed by atoms with Gasteiger partial charge in [0.2, 0.25) is 17.7 Å². The van der Waals surface area contributed by atoms with Crippen LogP contribution in [0.3, 0.4) is 0 Å². The van der Waals surface area contributed by atoms with Gasteiger partial charge in [-0.1, -0.05) is 35.4 Å². The minimum atomic E-state index is -0.547. The van der Waals surface area contributed by atoms with E-state index in [2.05, 4.69) is 5.32 Å². The van der Waals surface area contributed by atoms with Crippen molar-refractivity contribution in [2.75, 3.05) is 16.0 Å². The third kappa shape index (κ3) is 4.26. The van der Waals surface area contributed by atoms with E-state index in [1.165, 1.54) is 16.7 Å². The van der Waals surface area contributed by atoms with Gasteiger partial charge in [0.05, 0.1) is 16.7 Å². The molecule has 0 bridgehead atoms. The van der Waals surface area contributed by atoms with Crippen LogP contribution in [-0.2, 0) is 14.4 Å². The van der Waals surface area contributed by atoms with Crippen molar-refractivity contribution < 1.29 is 14.4 Å². The molecule has 0 aromatic heterocycles. The van der Waals surface area contributed by atoms with Crippen molar-refractivity contribution in [2.45, 2.75) is 18.6 Å². The van der Waals surface area contributed by atoms with E-state index in [0.717, 1.165) is 5.56 Å². The van der Waals surface area contributed by atoms with E-state index in [1.807, 2.05) is 19.1 Å². The first-order valence-corrected chi connectivity index (χ1v) is 9.47. The third-order valence-corrected chi connectivity index (χ3v) is 5.36. The maximum atomic E-state index is 12.6. The zero-order chi connectivity index (χ0) is 18.7. The minimum Gasteiger partial charge on any atom is -0.325 e. The van der Waals surface area contributed by atoms with E-state index >= 15 is 0 Å². The lowest BCUT2D eigenvalue weighted by Gasteiger charge is -2.15. The molecule has 5 nitrogen and oxygen atoms in total. The molecule has 1 N–H and O–H groups in total. The molecule has 134 valence electrons. The molecule has 1 atom stereocenters. The maximum Gasteiger partial charge on any atom is 0.247 e. The van der Waals surface area contributed by atoms with E-state index < -0.39 is 5.25 Å². The molecule has 0 aliphatic carbocycles. The van der Waals surface area contributed by atoms with Crippen molar-refractivity contribution in [2.24, 2.45) is 0 Å². The van der Waals surface area contributed by atoms with Gasteiger partial charge in [0, 0.05) is 17.1 Å². The Morgan fingerprint density at radius 1 is 1.23 bits per heavy atom. The summed E-state index contributed by atoms with van der Waals surface area (Å²) >= 11 is 7.06. The first kappa shape index (κ1) is 18.5. The normalized spacial score (nSPS) is 16.8. The van der Waals surface area contributed by atoms with Crippen molar-refractivity contribution in [3.63, 3.8) is 0 Å². The molecule has 1 fully saturated rings. The SMILES string of the molecule is Cc1ccc(N2C(=O)C[C@H](SCC(=O)Nc3cccc(Cl)c3)C2=O)cc1. The van der Waals surface area contributed by atoms with Gasteiger partial charge in [0.1, 0.15) is 0 Å². The number of aryl methyl sites for hydroxylation is 1. The quantitative estimate of drug-likeness (QED) is 0.794. The van der Waals surface area contributed by atoms with Crippen molar-refractivity contribution in [3.05, 3.63) is 59.1 Å². The van der Waals surface area contributed by atoms with Crippen molar-refractivity contribution >= 4 is 52.5 Å². The van der Waals surface area contributed by atoms with Gasteiger partial charge in [-0.05, 0) is 37.3 Å². The Bertz CT molecular complexity index is 854. The van der Waals surface area contributed by atoms with Gasteiger partial charge < -0.3 is 5.32 Å². The van der Waals surface area contributed by atoms with Crippen LogP contribution in [0.25, 0.3) is 0 Å². The molecule has 2 aromatic rings. The van der Waals surface area contributed by atoms with Crippen molar-refractivity contribution in [1.29, 1.82) is 0 Å². The zero-order valence-electron chi connectivity index (χ0n) is 14.1. The van der Waals surface area contributed by atoms with Gasteiger partial charge in [0.15, 0.2) is 0 Å². The molecule has 1 aliphatic rings. The summed E-state index contributed by atoms with van der Waals surface area (Å²) in [7, 11) is 0. The number of imide groups is 1. The average Bonchev–Trinajstić information content (AvgIpc) is 2.88. The number of thioether (sulfide) groups is 1. The smallest absolute Gasteiger partial charge is 0.247 e. The second kappa shape index (κ2) is 7.93. The largest absolute Gasteiger partial charge is 0.325 e. The molecule has 0 unspecified atom stereocenters. The lowest BCUT2D eigenvalue weighted by atomic mass is 10.2. The van der Waals surface area contributed by atoms with Gasteiger partial charge in [-0.15, -0.1) is 11.8 Å². The Hall–Kier alpha value is -2.31. The number of benzene rings is 2. The number of carbonyl (C=O) groups is 3. The van der Waals surface area contributed by atoms with Crippen LogP contribution in [0.1, 0.15) is 12.0 Å². The highest BCUT2D eigenvalue weighted by atomic mass is 35.5. The topological polar surface area (TPSA) is 66.5 Å². The fourth-order valence-corrected chi connectivity index (χ4v) is 3.76. The number of carbonyl (C=O) groups excluding carboxylic acids is 3. The molecule has 1 saturated heterocycles. The molecular formula is C19H17ClN2O3S. The fourth-order valence-electron chi connectivity index (χ4n) is 2.64. The third-order valence-electron chi connectivity index (χ3n) is 3.92. The average molecular weight is 389 g/mol. The van der Waals surface area contributed by atoms with Gasteiger partial charge in [0.25, 0.3) is 0 Å². The Balaban J connectivity index is 1.59. The molecule has 0 saturated carbocycles. The summed E-state index contributed by atoms with van der Waals surface area (Å²) in [6, 6.07) is 14.1. The number of halogens is 1. The predicted octanol–water partition coefficient (Wildman–Crippen LogP) is 3.65. The maximum absolute atomic E-state index is 12.6. The number of amides is 3. The highest BCUT2D eigenvalue weighted by Crippen LogP contribution is 2.30. The van der Waals surface area contributed by atoms with Crippen LogP contribution >= 0.6 is 23.4 Å². The van der Waals surface area contributed by atoms with Gasteiger partial charge in [-0.2, -0.15) is 0 Å². The molecular weight excluding hydrogens is 372 g/mol. The van der Waals surface area contributed by atoms with E-state index in [-0.39, 0.29) is 29.9 Å². The standard InChI is InChI=1S/C19H17ClN2O3S/c1-12-5-7-15(8-6-12)22-18(24)10-16(19(22)25)26-11-17(23)21-14-4-2-3-13(20)9-14/h2-9,16H,10-11H2,1H3,(H,21,23)/t16-/m0/s1. The fraction of sp³-hybridized carbons (Fsp3) is 0.211. The molecule has 3 rings (SSSR count). The van der Waals surface area contributed by atoms with Crippen molar-refractivity contribution in [3.8, 4) is 0 Å². The Labute approximate surface area is 160 Å². The second-order valence-corrected chi connectivity index (χ2v) is 7.59. The van der Waals surface area contributed by atoms with Crippen molar-refractivity contribution in [1.82, 2.24) is 0 Å². The summed E-state index contributed by atoms with van der Waals surface area (Å²) in [4.78, 5) is 38.1. The molecule has 0 radical (unpaired) electrons. The lowest BCUT2D eigenvalue weighted by molar-refractivity contribution is -0.121. The summed E-state index contributed by atoms with van der Waals surface area (Å²) in [6.45, 7) is 1.94. The van der Waals surface area contributed by atoms with Crippen LogP contribution in [0.5, 0.6) is 0 Å². The summed E-state index contributed by atoms with van der Waals surface area (Å²) < 4.78 is 0. The number of hydrogen-bond acceptors (Lipinski definition) is 4. The summed E-state index contributed by atoms with van der Waals surface area (Å²) in [5.41, 5.74) is 2.21. The monoisotopic (exact) mass is 388 g/mol. The summed E-state index contributed by atoms with van der Waals surface area (Å²) in [6.07, 6.45) is 0.0990. The van der Waals surface area contributed by atoms with E-state index in [0.29, 0.717) is 16.4 Å². The van der Waals surface area contributed by atoms with Crippen LogP contribution in [0, 0.1) is 6.92 Å². The van der Waals surface area contributed by atoms with E-state index in [1.54, 1.807) is 36.4 Å². The number of nitrogens with one attached hydrogen (secondary N) is 1. The van der Waals surface area contributed by atoms with Crippen LogP contribution in [0.2, 0.25) is 5.02 Å². The molecule has 0 spiro atoms. The highest BCUT2D eigenvalue weighted by molar-refractivity contribution is 8.01. The number of rotatable bonds is 5. The van der Waals surface area contributed by atoms with E-state index in [9.17, 15) is 14.4 Å². The van der Waals surface area contributed by atoms with Gasteiger partial charge in [-0.25, -0.2) is 4.90 Å². The molecule has 3 amide bonds. The molecule has 1 heterocycles. The van der Waals surface area contributed by atoms with E-state index in [4.69, 9.17) is 11.6 Å². The number of anilines is 2. The van der Waals surface area contributed by atoms with Crippen LogP contribution in [0.15, 0.2) is 48.5 Å². The first-order chi connectivity index (χ1) is 12.4. The molecule has 2 aromatic carbocycles. The Kier molecular flexibility index (Phi) is 5.64. The van der Waals surface area contributed by atoms with Crippen LogP contribution in [0.4, 0.5) is 11.4 Å². The van der Waals surface area contributed by atoms with Crippen LogP contribution < -0.4 is 10.2 Å².